The Balaban J connectivity index is 1.33. The van der Waals surface area contributed by atoms with Gasteiger partial charge in [0.1, 0.15) is 5.82 Å². The molecule has 3 aromatic rings. The monoisotopic (exact) mass is 455 g/mol. The van der Waals surface area contributed by atoms with Gasteiger partial charge in [-0.15, -0.1) is 0 Å². The SMILES string of the molecule is CC(=O)N1CCN(c2ccc(Nc3nc(Cl)nc4c3cnn4C3CCCCO3)cc2)CC1. The van der Waals surface area contributed by atoms with Crippen molar-refractivity contribution in [1.29, 1.82) is 0 Å². The molecule has 2 aliphatic rings. The number of nitrogens with one attached hydrogen (secondary N) is 1. The van der Waals surface area contributed by atoms with Crippen LogP contribution in [0.5, 0.6) is 0 Å². The molecule has 1 N–H and O–H groups in total. The van der Waals surface area contributed by atoms with Crippen LogP contribution in [-0.2, 0) is 9.53 Å². The van der Waals surface area contributed by atoms with Crippen molar-refractivity contribution in [2.24, 2.45) is 0 Å². The van der Waals surface area contributed by atoms with Gasteiger partial charge in [-0.25, -0.2) is 4.68 Å². The third-order valence-electron chi connectivity index (χ3n) is 6.08. The molecule has 2 saturated heterocycles. The number of rotatable bonds is 4. The van der Waals surface area contributed by atoms with Gasteiger partial charge in [0.15, 0.2) is 11.9 Å². The van der Waals surface area contributed by atoms with Gasteiger partial charge in [0.2, 0.25) is 11.2 Å². The summed E-state index contributed by atoms with van der Waals surface area (Å²) in [7, 11) is 0. The number of benzene rings is 1. The topological polar surface area (TPSA) is 88.4 Å². The number of piperazine rings is 1. The predicted octanol–water partition coefficient (Wildman–Crippen LogP) is 3.59. The molecule has 1 unspecified atom stereocenters. The fourth-order valence-corrected chi connectivity index (χ4v) is 4.46. The van der Waals surface area contributed by atoms with Gasteiger partial charge in [0.25, 0.3) is 0 Å². The van der Waals surface area contributed by atoms with E-state index in [1.54, 1.807) is 17.8 Å². The van der Waals surface area contributed by atoms with Gasteiger partial charge in [-0.3, -0.25) is 4.79 Å². The van der Waals surface area contributed by atoms with Crippen LogP contribution >= 0.6 is 11.6 Å². The Hall–Kier alpha value is -2.91. The average molecular weight is 456 g/mol. The standard InChI is InChI=1S/C22H26ClN7O2/c1-15(31)28-9-11-29(12-10-28)17-7-5-16(6-8-17)25-20-18-14-24-30(19-4-2-3-13-32-19)21(18)27-22(23)26-20/h5-8,14,19H,2-4,9-13H2,1H3,(H,25,26,27). The van der Waals surface area contributed by atoms with E-state index in [0.29, 0.717) is 11.5 Å². The van der Waals surface area contributed by atoms with E-state index in [4.69, 9.17) is 16.3 Å². The Kier molecular flexibility index (Phi) is 5.84. The van der Waals surface area contributed by atoms with Crippen LogP contribution in [0.4, 0.5) is 17.2 Å². The second kappa shape index (κ2) is 8.91. The number of nitrogens with zero attached hydrogens (tertiary/aromatic N) is 6. The van der Waals surface area contributed by atoms with Crippen molar-refractivity contribution < 1.29 is 9.53 Å². The molecule has 2 aromatic heterocycles. The van der Waals surface area contributed by atoms with E-state index in [1.165, 1.54) is 0 Å². The van der Waals surface area contributed by atoms with Gasteiger partial charge < -0.3 is 19.9 Å². The molecule has 0 radical (unpaired) electrons. The fraction of sp³-hybridized carbons (Fsp3) is 0.455. The van der Waals surface area contributed by atoms with Crippen LogP contribution in [0.25, 0.3) is 11.0 Å². The van der Waals surface area contributed by atoms with Gasteiger partial charge in [-0.2, -0.15) is 15.1 Å². The van der Waals surface area contributed by atoms with Crippen LogP contribution in [0, 0.1) is 0 Å². The lowest BCUT2D eigenvalue weighted by atomic mass is 10.2. The predicted molar refractivity (Wildman–Crippen MR) is 123 cm³/mol. The van der Waals surface area contributed by atoms with E-state index in [0.717, 1.165) is 68.8 Å². The van der Waals surface area contributed by atoms with Crippen molar-refractivity contribution in [3.8, 4) is 0 Å². The minimum absolute atomic E-state index is 0.122. The summed E-state index contributed by atoms with van der Waals surface area (Å²) in [5.74, 6) is 0.752. The molecule has 5 rings (SSSR count). The van der Waals surface area contributed by atoms with Gasteiger partial charge >= 0.3 is 0 Å². The normalized spacial score (nSPS) is 19.4. The maximum absolute atomic E-state index is 11.5. The highest BCUT2D eigenvalue weighted by molar-refractivity contribution is 6.28. The summed E-state index contributed by atoms with van der Waals surface area (Å²) < 4.78 is 7.67. The summed E-state index contributed by atoms with van der Waals surface area (Å²) in [6.45, 7) is 5.52. The number of hydrogen-bond acceptors (Lipinski definition) is 7. The molecule has 1 atom stereocenters. The number of ether oxygens (including phenoxy) is 1. The van der Waals surface area contributed by atoms with Crippen LogP contribution in [0.3, 0.4) is 0 Å². The number of carbonyl (C=O) groups excluding carboxylic acids is 1. The summed E-state index contributed by atoms with van der Waals surface area (Å²) in [5, 5.41) is 8.83. The quantitative estimate of drug-likeness (QED) is 0.601. The molecule has 1 amide bonds. The minimum atomic E-state index is -0.122. The van der Waals surface area contributed by atoms with Gasteiger partial charge in [-0.05, 0) is 55.1 Å². The first-order chi connectivity index (χ1) is 15.6. The van der Waals surface area contributed by atoms with Crippen molar-refractivity contribution in [2.45, 2.75) is 32.4 Å². The highest BCUT2D eigenvalue weighted by Crippen LogP contribution is 2.30. The fourth-order valence-electron chi connectivity index (χ4n) is 4.29. The first-order valence-corrected chi connectivity index (χ1v) is 11.4. The molecule has 168 valence electrons. The summed E-state index contributed by atoms with van der Waals surface area (Å²) >= 11 is 6.24. The van der Waals surface area contributed by atoms with Crippen LogP contribution in [0.2, 0.25) is 5.28 Å². The highest BCUT2D eigenvalue weighted by Gasteiger charge is 2.22. The second-order valence-electron chi connectivity index (χ2n) is 8.15. The molecule has 4 heterocycles. The first kappa shape index (κ1) is 21.0. The smallest absolute Gasteiger partial charge is 0.226 e. The molecule has 0 aliphatic carbocycles. The maximum Gasteiger partial charge on any atom is 0.226 e. The largest absolute Gasteiger partial charge is 0.368 e. The van der Waals surface area contributed by atoms with E-state index in [9.17, 15) is 4.79 Å². The van der Waals surface area contributed by atoms with E-state index < -0.39 is 0 Å². The summed E-state index contributed by atoms with van der Waals surface area (Å²) in [6.07, 6.45) is 4.72. The van der Waals surface area contributed by atoms with E-state index in [-0.39, 0.29) is 17.4 Å². The van der Waals surface area contributed by atoms with Crippen molar-refractivity contribution in [3.63, 3.8) is 0 Å². The molecule has 1 aromatic carbocycles. The van der Waals surface area contributed by atoms with Gasteiger partial charge in [-0.1, -0.05) is 0 Å². The summed E-state index contributed by atoms with van der Waals surface area (Å²) in [4.78, 5) is 24.5. The lowest BCUT2D eigenvalue weighted by molar-refractivity contribution is -0.129. The summed E-state index contributed by atoms with van der Waals surface area (Å²) in [6, 6.07) is 8.18. The zero-order chi connectivity index (χ0) is 22.1. The van der Waals surface area contributed by atoms with Crippen LogP contribution in [-0.4, -0.2) is 63.3 Å². The van der Waals surface area contributed by atoms with Crippen LogP contribution in [0.15, 0.2) is 30.5 Å². The highest BCUT2D eigenvalue weighted by atomic mass is 35.5. The Bertz CT molecular complexity index is 1100. The van der Waals surface area contributed by atoms with E-state index >= 15 is 0 Å². The lowest BCUT2D eigenvalue weighted by Gasteiger charge is -2.35. The zero-order valence-corrected chi connectivity index (χ0v) is 18.8. The van der Waals surface area contributed by atoms with Crippen molar-refractivity contribution in [2.75, 3.05) is 43.0 Å². The number of hydrogen-bond donors (Lipinski definition) is 1. The molecule has 9 nitrogen and oxygen atoms in total. The molecular formula is C22H26ClN7O2. The van der Waals surface area contributed by atoms with Gasteiger partial charge in [0, 0.05) is 51.1 Å². The number of amides is 1. The molecular weight excluding hydrogens is 430 g/mol. The number of aromatic nitrogens is 4. The Morgan fingerprint density at radius 3 is 2.59 bits per heavy atom. The third-order valence-corrected chi connectivity index (χ3v) is 6.24. The van der Waals surface area contributed by atoms with Crippen LogP contribution in [0.1, 0.15) is 32.4 Å². The Labute approximate surface area is 191 Å². The van der Waals surface area contributed by atoms with Crippen molar-refractivity contribution in [3.05, 3.63) is 35.7 Å². The zero-order valence-electron chi connectivity index (χ0n) is 18.0. The van der Waals surface area contributed by atoms with Gasteiger partial charge in [0.05, 0.1) is 11.6 Å². The molecule has 2 fully saturated rings. The molecule has 32 heavy (non-hydrogen) atoms. The molecule has 10 heteroatoms. The number of fused-ring (bicyclic) bond motifs is 1. The summed E-state index contributed by atoms with van der Waals surface area (Å²) in [5.41, 5.74) is 2.69. The van der Waals surface area contributed by atoms with E-state index in [2.05, 4.69) is 37.4 Å². The van der Waals surface area contributed by atoms with Crippen molar-refractivity contribution in [1.82, 2.24) is 24.6 Å². The number of anilines is 3. The molecule has 0 bridgehead atoms. The minimum Gasteiger partial charge on any atom is -0.368 e. The number of halogens is 1. The lowest BCUT2D eigenvalue weighted by Crippen LogP contribution is -2.48. The Morgan fingerprint density at radius 1 is 1.12 bits per heavy atom. The Morgan fingerprint density at radius 2 is 1.91 bits per heavy atom. The molecule has 0 saturated carbocycles. The molecule has 0 spiro atoms. The van der Waals surface area contributed by atoms with Crippen molar-refractivity contribution >= 4 is 45.7 Å². The van der Waals surface area contributed by atoms with Crippen LogP contribution < -0.4 is 10.2 Å². The average Bonchev–Trinajstić information content (AvgIpc) is 3.24. The number of carbonyl (C=O) groups is 1. The molecule has 2 aliphatic heterocycles. The first-order valence-electron chi connectivity index (χ1n) is 11.0. The second-order valence-corrected chi connectivity index (χ2v) is 8.49. The van der Waals surface area contributed by atoms with E-state index in [1.807, 2.05) is 17.0 Å². The maximum atomic E-state index is 11.5. The third kappa shape index (κ3) is 4.22.